The Morgan fingerprint density at radius 3 is 1.96 bits per heavy atom. The molecule has 0 amide bonds. The van der Waals surface area contributed by atoms with E-state index >= 15 is 0 Å². The molecule has 0 saturated carbocycles. The van der Waals surface area contributed by atoms with Crippen LogP contribution in [0.4, 0.5) is 0 Å². The summed E-state index contributed by atoms with van der Waals surface area (Å²) < 4.78 is 0. The molecule has 0 aliphatic rings. The van der Waals surface area contributed by atoms with Crippen LogP contribution in [0.15, 0.2) is 12.2 Å². The normalized spacial score (nSPS) is 13.0. The van der Waals surface area contributed by atoms with Crippen LogP contribution in [0.3, 0.4) is 0 Å². The fourth-order valence-electron chi connectivity index (χ4n) is 3.33. The van der Waals surface area contributed by atoms with Crippen LogP contribution in [0.25, 0.3) is 0 Å². The second-order valence-corrected chi connectivity index (χ2v) is 7.71. The molecule has 0 aliphatic carbocycles. The van der Waals surface area contributed by atoms with Gasteiger partial charge in [-0.2, -0.15) is 0 Å². The fourth-order valence-corrected chi connectivity index (χ4v) is 3.33. The third kappa shape index (κ3) is 17.6. The molecule has 0 bridgehead atoms. The molecule has 1 N–H and O–H groups in total. The maximum atomic E-state index is 10.4. The fraction of sp³-hybridized carbons (Fsp3) is 0.864. The number of hydrogen-bond acceptors (Lipinski definition) is 1. The Bertz CT molecular complexity index is 307. The number of carbonyl (C=O) groups is 1. The minimum atomic E-state index is -0.664. The van der Waals surface area contributed by atoms with Crippen molar-refractivity contribution in [3.63, 3.8) is 0 Å². The van der Waals surface area contributed by atoms with Gasteiger partial charge >= 0.3 is 5.97 Å². The van der Waals surface area contributed by atoms with Gasteiger partial charge in [-0.15, -0.1) is 0 Å². The van der Waals surface area contributed by atoms with E-state index in [0.717, 1.165) is 24.7 Å². The predicted molar refractivity (Wildman–Crippen MR) is 105 cm³/mol. The first-order chi connectivity index (χ1) is 11.6. The highest BCUT2D eigenvalue weighted by atomic mass is 16.4. The van der Waals surface area contributed by atoms with Crippen molar-refractivity contribution in [2.45, 2.75) is 111 Å². The summed E-state index contributed by atoms with van der Waals surface area (Å²) in [6, 6.07) is 0. The predicted octanol–water partition coefficient (Wildman–Crippen LogP) is 7.38. The Morgan fingerprint density at radius 1 is 0.875 bits per heavy atom. The molecule has 1 atom stereocenters. The highest BCUT2D eigenvalue weighted by molar-refractivity contribution is 5.66. The van der Waals surface area contributed by atoms with Crippen molar-refractivity contribution in [1.82, 2.24) is 0 Å². The molecule has 0 radical (unpaired) electrons. The lowest BCUT2D eigenvalue weighted by Gasteiger charge is -2.16. The van der Waals surface area contributed by atoms with Crippen LogP contribution in [0, 0.1) is 11.8 Å². The molecule has 24 heavy (non-hydrogen) atoms. The Balaban J connectivity index is 3.30. The van der Waals surface area contributed by atoms with Gasteiger partial charge in [0.15, 0.2) is 0 Å². The van der Waals surface area contributed by atoms with Crippen LogP contribution in [0.1, 0.15) is 111 Å². The van der Waals surface area contributed by atoms with E-state index in [2.05, 4.69) is 32.9 Å². The number of allylic oxidation sites excluding steroid dienone is 2. The molecule has 0 aromatic heterocycles. The maximum absolute atomic E-state index is 10.4. The third-order valence-electron chi connectivity index (χ3n) is 4.79. The van der Waals surface area contributed by atoms with Crippen molar-refractivity contribution in [3.8, 4) is 0 Å². The van der Waals surface area contributed by atoms with E-state index in [0.29, 0.717) is 6.42 Å². The average Bonchev–Trinajstić information content (AvgIpc) is 2.53. The summed E-state index contributed by atoms with van der Waals surface area (Å²) in [7, 11) is 0. The van der Waals surface area contributed by atoms with E-state index in [1.165, 1.54) is 70.6 Å². The summed E-state index contributed by atoms with van der Waals surface area (Å²) in [4.78, 5) is 10.4. The van der Waals surface area contributed by atoms with Gasteiger partial charge in [-0.3, -0.25) is 4.79 Å². The maximum Gasteiger partial charge on any atom is 0.303 e. The molecule has 2 heteroatoms. The average molecular weight is 339 g/mol. The smallest absolute Gasteiger partial charge is 0.303 e. The summed E-state index contributed by atoms with van der Waals surface area (Å²) in [5.41, 5.74) is 0. The molecule has 2 nitrogen and oxygen atoms in total. The molecule has 0 aromatic rings. The number of unbranched alkanes of at least 4 members (excludes halogenated alkanes) is 8. The quantitative estimate of drug-likeness (QED) is 0.222. The van der Waals surface area contributed by atoms with E-state index in [9.17, 15) is 4.79 Å². The lowest BCUT2D eigenvalue weighted by molar-refractivity contribution is -0.137. The lowest BCUT2D eigenvalue weighted by atomic mass is 9.90. The van der Waals surface area contributed by atoms with Gasteiger partial charge in [0, 0.05) is 6.42 Å². The second-order valence-electron chi connectivity index (χ2n) is 7.71. The van der Waals surface area contributed by atoms with Crippen molar-refractivity contribution < 1.29 is 9.90 Å². The molecule has 1 unspecified atom stereocenters. The summed E-state index contributed by atoms with van der Waals surface area (Å²) in [5, 5.41) is 8.56. The highest BCUT2D eigenvalue weighted by Gasteiger charge is 2.07. The number of carboxylic acids is 1. The first kappa shape index (κ1) is 23.2. The second kappa shape index (κ2) is 17.0. The van der Waals surface area contributed by atoms with E-state index in [1.807, 2.05) is 0 Å². The Hall–Kier alpha value is -0.790. The van der Waals surface area contributed by atoms with Gasteiger partial charge in [-0.25, -0.2) is 0 Å². The molecule has 0 fully saturated rings. The topological polar surface area (TPSA) is 37.3 Å². The number of hydrogen-bond donors (Lipinski definition) is 1. The summed E-state index contributed by atoms with van der Waals surface area (Å²) in [6.45, 7) is 7.01. The van der Waals surface area contributed by atoms with E-state index in [1.54, 1.807) is 0 Å². The third-order valence-corrected chi connectivity index (χ3v) is 4.79. The Kier molecular flexibility index (Phi) is 16.5. The summed E-state index contributed by atoms with van der Waals surface area (Å²) in [6.07, 6.45) is 21.3. The zero-order chi connectivity index (χ0) is 18.0. The van der Waals surface area contributed by atoms with E-state index < -0.39 is 5.97 Å². The van der Waals surface area contributed by atoms with Crippen molar-refractivity contribution in [2.75, 3.05) is 0 Å². The van der Waals surface area contributed by atoms with Crippen molar-refractivity contribution in [3.05, 3.63) is 12.2 Å². The zero-order valence-corrected chi connectivity index (χ0v) is 16.6. The van der Waals surface area contributed by atoms with Crippen LogP contribution in [0.5, 0.6) is 0 Å². The van der Waals surface area contributed by atoms with Gasteiger partial charge in [-0.1, -0.05) is 77.9 Å². The zero-order valence-electron chi connectivity index (χ0n) is 16.6. The van der Waals surface area contributed by atoms with Crippen molar-refractivity contribution in [2.24, 2.45) is 11.8 Å². The van der Waals surface area contributed by atoms with Gasteiger partial charge < -0.3 is 5.11 Å². The molecule has 0 saturated heterocycles. The number of carboxylic acid groups (broad SMARTS) is 1. The van der Waals surface area contributed by atoms with E-state index in [4.69, 9.17) is 5.11 Å². The molecule has 142 valence electrons. The van der Waals surface area contributed by atoms with Crippen LogP contribution in [0.2, 0.25) is 0 Å². The molecule has 0 aromatic carbocycles. The van der Waals surface area contributed by atoms with Gasteiger partial charge in [0.1, 0.15) is 0 Å². The molecule has 0 aliphatic heterocycles. The highest BCUT2D eigenvalue weighted by Crippen LogP contribution is 2.21. The van der Waals surface area contributed by atoms with Crippen LogP contribution < -0.4 is 0 Å². The van der Waals surface area contributed by atoms with Gasteiger partial charge in [0.25, 0.3) is 0 Å². The monoisotopic (exact) mass is 338 g/mol. The largest absolute Gasteiger partial charge is 0.481 e. The standard InChI is InChI=1S/C22H42O2/c1-4-21(19-20(2)3)17-15-13-11-9-7-5-6-8-10-12-14-16-18-22(23)24/h5,7,20-21H,4,6,8-19H2,1-3H3,(H,23,24). The van der Waals surface area contributed by atoms with Gasteiger partial charge in [0.05, 0.1) is 0 Å². The van der Waals surface area contributed by atoms with Crippen LogP contribution in [-0.4, -0.2) is 11.1 Å². The van der Waals surface area contributed by atoms with Crippen LogP contribution in [-0.2, 0) is 4.79 Å². The molecule has 0 spiro atoms. The lowest BCUT2D eigenvalue weighted by Crippen LogP contribution is -2.03. The molecular weight excluding hydrogens is 296 g/mol. The van der Waals surface area contributed by atoms with Crippen molar-refractivity contribution >= 4 is 5.97 Å². The van der Waals surface area contributed by atoms with Gasteiger partial charge in [0.2, 0.25) is 0 Å². The SMILES string of the molecule is CCC(CCCCCC=CCCCCCCCC(=O)O)CC(C)C. The van der Waals surface area contributed by atoms with Gasteiger partial charge in [-0.05, 0) is 50.4 Å². The Morgan fingerprint density at radius 2 is 1.42 bits per heavy atom. The molecule has 0 heterocycles. The molecule has 0 rings (SSSR count). The number of rotatable bonds is 17. The Labute approximate surface area is 151 Å². The van der Waals surface area contributed by atoms with Crippen molar-refractivity contribution in [1.29, 1.82) is 0 Å². The minimum absolute atomic E-state index is 0.330. The summed E-state index contributed by atoms with van der Waals surface area (Å²) in [5.74, 6) is 1.12. The summed E-state index contributed by atoms with van der Waals surface area (Å²) >= 11 is 0. The van der Waals surface area contributed by atoms with Crippen LogP contribution >= 0.6 is 0 Å². The minimum Gasteiger partial charge on any atom is -0.481 e. The molecular formula is C22H42O2. The number of aliphatic carboxylic acids is 1. The van der Waals surface area contributed by atoms with E-state index in [-0.39, 0.29) is 0 Å². The first-order valence-electron chi connectivity index (χ1n) is 10.4. The first-order valence-corrected chi connectivity index (χ1v) is 10.4.